The molecule has 0 heterocycles. The van der Waals surface area contributed by atoms with Gasteiger partial charge in [-0.15, -0.1) is 0 Å². The van der Waals surface area contributed by atoms with Gasteiger partial charge in [0.1, 0.15) is 5.70 Å². The number of nitrogens with two attached hydrogens (primary N) is 1. The first-order chi connectivity index (χ1) is 8.59. The zero-order chi connectivity index (χ0) is 13.2. The third kappa shape index (κ3) is 2.00. The van der Waals surface area contributed by atoms with Crippen LogP contribution in [0.1, 0.15) is 12.0 Å². The molecular formula is C13H14N2O3. The molecule has 0 saturated carbocycles. The molecule has 2 rings (SSSR count). The predicted molar refractivity (Wildman–Crippen MR) is 67.2 cm³/mol. The molecule has 94 valence electrons. The molecule has 3 N–H and O–H groups in total. The van der Waals surface area contributed by atoms with E-state index in [1.807, 2.05) is 30.3 Å². The second-order valence-electron chi connectivity index (χ2n) is 4.35. The summed E-state index contributed by atoms with van der Waals surface area (Å²) in [4.78, 5) is 10.5. The van der Waals surface area contributed by atoms with Crippen molar-refractivity contribution in [1.82, 2.24) is 0 Å². The summed E-state index contributed by atoms with van der Waals surface area (Å²) < 4.78 is 0. The zero-order valence-corrected chi connectivity index (χ0v) is 9.74. The minimum Gasteiger partial charge on any atom is -0.395 e. The van der Waals surface area contributed by atoms with E-state index in [0.717, 1.165) is 5.56 Å². The van der Waals surface area contributed by atoms with Crippen LogP contribution in [0.25, 0.3) is 0 Å². The Morgan fingerprint density at radius 1 is 1.39 bits per heavy atom. The normalized spacial score (nSPS) is 23.2. The first kappa shape index (κ1) is 12.3. The van der Waals surface area contributed by atoms with Crippen molar-refractivity contribution in [2.45, 2.75) is 11.8 Å². The molecule has 18 heavy (non-hydrogen) atoms. The first-order valence-corrected chi connectivity index (χ1v) is 5.58. The second kappa shape index (κ2) is 4.62. The first-order valence-electron chi connectivity index (χ1n) is 5.58. The summed E-state index contributed by atoms with van der Waals surface area (Å²) in [5, 5.41) is 20.6. The molecule has 1 aliphatic carbocycles. The van der Waals surface area contributed by atoms with E-state index < -0.39 is 10.3 Å². The highest BCUT2D eigenvalue weighted by atomic mass is 16.6. The maximum Gasteiger partial charge on any atom is 0.270 e. The molecule has 0 amide bonds. The van der Waals surface area contributed by atoms with Crippen molar-refractivity contribution >= 4 is 0 Å². The minimum absolute atomic E-state index is 0.0459. The fourth-order valence-corrected chi connectivity index (χ4v) is 2.14. The molecule has 0 bridgehead atoms. The molecule has 1 aromatic carbocycles. The number of allylic oxidation sites excluding steroid dienone is 2. The van der Waals surface area contributed by atoms with Gasteiger partial charge in [0.2, 0.25) is 0 Å². The van der Waals surface area contributed by atoms with Gasteiger partial charge in [-0.1, -0.05) is 36.4 Å². The molecule has 5 heteroatoms. The fourth-order valence-electron chi connectivity index (χ4n) is 2.14. The van der Waals surface area contributed by atoms with Gasteiger partial charge in [-0.25, -0.2) is 0 Å². The summed E-state index contributed by atoms with van der Waals surface area (Å²) in [6, 6.07) is 9.24. The molecule has 0 aromatic heterocycles. The Kier molecular flexibility index (Phi) is 3.16. The smallest absolute Gasteiger partial charge is 0.270 e. The molecule has 0 radical (unpaired) electrons. The fraction of sp³-hybridized carbons (Fsp3) is 0.231. The van der Waals surface area contributed by atoms with Crippen LogP contribution < -0.4 is 5.73 Å². The molecule has 0 aliphatic heterocycles. The molecule has 1 unspecified atom stereocenters. The lowest BCUT2D eigenvalue weighted by Gasteiger charge is -2.30. The third-order valence-corrected chi connectivity index (χ3v) is 3.25. The number of nitro groups is 1. The van der Waals surface area contributed by atoms with Crippen LogP contribution in [-0.4, -0.2) is 16.6 Å². The highest BCUT2D eigenvalue weighted by molar-refractivity contribution is 5.39. The summed E-state index contributed by atoms with van der Waals surface area (Å²) in [7, 11) is 0. The maximum atomic E-state index is 11.0. The number of aliphatic hydroxyl groups excluding tert-OH is 1. The molecule has 1 atom stereocenters. The van der Waals surface area contributed by atoms with Crippen molar-refractivity contribution in [3.63, 3.8) is 0 Å². The monoisotopic (exact) mass is 246 g/mol. The molecule has 5 nitrogen and oxygen atoms in total. The molecule has 1 aromatic rings. The highest BCUT2D eigenvalue weighted by Gasteiger charge is 2.37. The summed E-state index contributed by atoms with van der Waals surface area (Å²) in [5.74, 6) is 0. The van der Waals surface area contributed by atoms with Crippen molar-refractivity contribution in [3.8, 4) is 0 Å². The standard InChI is InChI=1S/C13H14N2O3/c14-11-6-7-13(9-16,8-12(11)15(17)18)10-4-2-1-3-5-10/h1-7,16H,8-9,14H2. The summed E-state index contributed by atoms with van der Waals surface area (Å²) in [6.07, 6.45) is 3.35. The summed E-state index contributed by atoms with van der Waals surface area (Å²) >= 11 is 0. The topological polar surface area (TPSA) is 89.4 Å². The lowest BCUT2D eigenvalue weighted by molar-refractivity contribution is -0.430. The number of hydrogen-bond acceptors (Lipinski definition) is 4. The zero-order valence-electron chi connectivity index (χ0n) is 9.74. The van der Waals surface area contributed by atoms with Crippen LogP contribution in [-0.2, 0) is 5.41 Å². The van der Waals surface area contributed by atoms with Crippen LogP contribution in [0.3, 0.4) is 0 Å². The van der Waals surface area contributed by atoms with Crippen LogP contribution in [0.4, 0.5) is 0 Å². The van der Waals surface area contributed by atoms with Gasteiger partial charge in [0.05, 0.1) is 18.0 Å². The number of hydrogen-bond donors (Lipinski definition) is 2. The lowest BCUT2D eigenvalue weighted by Crippen LogP contribution is -2.33. The Morgan fingerprint density at radius 2 is 2.06 bits per heavy atom. The van der Waals surface area contributed by atoms with E-state index in [0.29, 0.717) is 0 Å². The number of nitrogens with zero attached hydrogens (tertiary/aromatic N) is 1. The quantitative estimate of drug-likeness (QED) is 0.621. The number of rotatable bonds is 3. The van der Waals surface area contributed by atoms with Crippen LogP contribution in [0.2, 0.25) is 0 Å². The van der Waals surface area contributed by atoms with Gasteiger partial charge in [0.25, 0.3) is 5.70 Å². The van der Waals surface area contributed by atoms with Crippen molar-refractivity contribution in [3.05, 3.63) is 69.6 Å². The Hall–Kier alpha value is -2.14. The number of aliphatic hydroxyl groups is 1. The van der Waals surface area contributed by atoms with E-state index >= 15 is 0 Å². The Labute approximate surface area is 104 Å². The van der Waals surface area contributed by atoms with Crippen LogP contribution >= 0.6 is 0 Å². The third-order valence-electron chi connectivity index (χ3n) is 3.25. The SMILES string of the molecule is NC1=C([N+](=O)[O-])CC(CO)(c2ccccc2)C=C1. The van der Waals surface area contributed by atoms with Crippen LogP contribution in [0.5, 0.6) is 0 Å². The second-order valence-corrected chi connectivity index (χ2v) is 4.35. The average Bonchev–Trinajstić information content (AvgIpc) is 2.40. The largest absolute Gasteiger partial charge is 0.395 e. The van der Waals surface area contributed by atoms with Crippen molar-refractivity contribution < 1.29 is 10.0 Å². The summed E-state index contributed by atoms with van der Waals surface area (Å²) in [6.45, 7) is -0.196. The van der Waals surface area contributed by atoms with E-state index in [2.05, 4.69) is 0 Å². The maximum absolute atomic E-state index is 11.0. The van der Waals surface area contributed by atoms with E-state index in [1.165, 1.54) is 6.08 Å². The van der Waals surface area contributed by atoms with E-state index in [4.69, 9.17) is 5.73 Å². The highest BCUT2D eigenvalue weighted by Crippen LogP contribution is 2.36. The summed E-state index contributed by atoms with van der Waals surface area (Å²) in [5.41, 5.74) is 5.80. The van der Waals surface area contributed by atoms with Crippen LogP contribution in [0.15, 0.2) is 53.9 Å². The van der Waals surface area contributed by atoms with Gasteiger partial charge in [0.15, 0.2) is 0 Å². The van der Waals surface area contributed by atoms with Gasteiger partial charge >= 0.3 is 0 Å². The Bertz CT molecular complexity index is 522. The van der Waals surface area contributed by atoms with Crippen molar-refractivity contribution in [2.24, 2.45) is 5.73 Å². The lowest BCUT2D eigenvalue weighted by atomic mass is 9.74. The van der Waals surface area contributed by atoms with Gasteiger partial charge in [0, 0.05) is 5.41 Å². The van der Waals surface area contributed by atoms with Gasteiger partial charge in [-0.2, -0.15) is 0 Å². The van der Waals surface area contributed by atoms with Crippen molar-refractivity contribution in [2.75, 3.05) is 6.61 Å². The molecule has 0 fully saturated rings. The van der Waals surface area contributed by atoms with E-state index in [9.17, 15) is 15.2 Å². The Morgan fingerprint density at radius 3 is 2.61 bits per heavy atom. The Balaban J connectivity index is 2.45. The van der Waals surface area contributed by atoms with E-state index in [-0.39, 0.29) is 24.4 Å². The van der Waals surface area contributed by atoms with Gasteiger partial charge < -0.3 is 10.8 Å². The van der Waals surface area contributed by atoms with Gasteiger partial charge in [-0.05, 0) is 11.6 Å². The van der Waals surface area contributed by atoms with Gasteiger partial charge in [-0.3, -0.25) is 10.1 Å². The van der Waals surface area contributed by atoms with E-state index in [1.54, 1.807) is 6.08 Å². The predicted octanol–water partition coefficient (Wildman–Crippen LogP) is 1.32. The van der Waals surface area contributed by atoms with Crippen LogP contribution in [0, 0.1) is 10.1 Å². The molecule has 0 saturated heterocycles. The molecular weight excluding hydrogens is 232 g/mol. The van der Waals surface area contributed by atoms with Crippen molar-refractivity contribution in [1.29, 1.82) is 0 Å². The minimum atomic E-state index is -0.757. The average molecular weight is 246 g/mol. The number of benzene rings is 1. The molecule has 1 aliphatic rings. The molecule has 0 spiro atoms.